The predicted octanol–water partition coefficient (Wildman–Crippen LogP) is 5.20. The number of rotatable bonds is 4. The molecule has 162 valence electrons. The van der Waals surface area contributed by atoms with E-state index in [0.29, 0.717) is 0 Å². The van der Waals surface area contributed by atoms with E-state index >= 15 is 0 Å². The maximum atomic E-state index is 4.81. The Morgan fingerprint density at radius 2 is 1.74 bits per heavy atom. The number of hydrogen-bond donors (Lipinski definition) is 0. The van der Waals surface area contributed by atoms with E-state index < -0.39 is 0 Å². The van der Waals surface area contributed by atoms with Crippen LogP contribution in [0.1, 0.15) is 56.1 Å². The molecule has 4 nitrogen and oxygen atoms in total. The Morgan fingerprint density at radius 1 is 0.871 bits per heavy atom. The summed E-state index contributed by atoms with van der Waals surface area (Å²) in [6.07, 6.45) is 15.2. The van der Waals surface area contributed by atoms with Crippen LogP contribution in [0, 0.1) is 0 Å². The van der Waals surface area contributed by atoms with E-state index in [2.05, 4.69) is 51.2 Å². The van der Waals surface area contributed by atoms with Crippen LogP contribution in [-0.2, 0) is 0 Å². The molecule has 2 fully saturated rings. The van der Waals surface area contributed by atoms with Crippen molar-refractivity contribution in [2.24, 2.45) is 4.99 Å². The van der Waals surface area contributed by atoms with Crippen molar-refractivity contribution in [1.82, 2.24) is 9.88 Å². The first-order chi connectivity index (χ1) is 15.4. The molecule has 0 atom stereocenters. The van der Waals surface area contributed by atoms with Gasteiger partial charge in [-0.25, -0.2) is 0 Å². The van der Waals surface area contributed by atoms with Gasteiger partial charge in [0, 0.05) is 62.4 Å². The Kier molecular flexibility index (Phi) is 6.45. The van der Waals surface area contributed by atoms with Crippen molar-refractivity contribution in [3.63, 3.8) is 0 Å². The summed E-state index contributed by atoms with van der Waals surface area (Å²) >= 11 is 0. The van der Waals surface area contributed by atoms with Crippen LogP contribution in [0.3, 0.4) is 0 Å². The molecular formula is C27H34N4. The zero-order valence-electron chi connectivity index (χ0n) is 18.5. The predicted molar refractivity (Wildman–Crippen MR) is 130 cm³/mol. The topological polar surface area (TPSA) is 31.7 Å². The number of pyridine rings is 1. The number of hydrogen-bond acceptors (Lipinski definition) is 4. The molecule has 1 saturated carbocycles. The second-order valence-corrected chi connectivity index (χ2v) is 9.15. The number of benzene rings is 1. The molecule has 0 N–H and O–H groups in total. The number of anilines is 1. The van der Waals surface area contributed by atoms with Crippen LogP contribution in [-0.4, -0.2) is 54.4 Å². The highest BCUT2D eigenvalue weighted by molar-refractivity contribution is 6.15. The van der Waals surface area contributed by atoms with Gasteiger partial charge in [0.05, 0.1) is 5.71 Å². The Labute approximate surface area is 186 Å². The molecule has 3 heterocycles. The van der Waals surface area contributed by atoms with Gasteiger partial charge in [0.2, 0.25) is 0 Å². The van der Waals surface area contributed by atoms with E-state index in [9.17, 15) is 0 Å². The summed E-state index contributed by atoms with van der Waals surface area (Å²) < 4.78 is 0. The SMILES string of the molecule is C(=C1CCCN=C1c1cccnc1)c1ccc(N2CCCN(C3CCCC3)CC2)cc1. The van der Waals surface area contributed by atoms with Crippen LogP contribution in [0.4, 0.5) is 5.69 Å². The van der Waals surface area contributed by atoms with Crippen molar-refractivity contribution in [3.8, 4) is 0 Å². The van der Waals surface area contributed by atoms with Gasteiger partial charge >= 0.3 is 0 Å². The quantitative estimate of drug-likeness (QED) is 0.689. The Bertz CT molecular complexity index is 910. The summed E-state index contributed by atoms with van der Waals surface area (Å²) in [6.45, 7) is 5.70. The van der Waals surface area contributed by atoms with Crippen LogP contribution < -0.4 is 4.90 Å². The lowest BCUT2D eigenvalue weighted by atomic mass is 9.95. The van der Waals surface area contributed by atoms with E-state index in [4.69, 9.17) is 4.99 Å². The second kappa shape index (κ2) is 9.78. The first kappa shape index (κ1) is 20.4. The monoisotopic (exact) mass is 414 g/mol. The molecular weight excluding hydrogens is 380 g/mol. The molecule has 0 bridgehead atoms. The lowest BCUT2D eigenvalue weighted by molar-refractivity contribution is 0.213. The molecule has 31 heavy (non-hydrogen) atoms. The highest BCUT2D eigenvalue weighted by Gasteiger charge is 2.24. The van der Waals surface area contributed by atoms with Crippen LogP contribution in [0.2, 0.25) is 0 Å². The molecule has 1 aliphatic carbocycles. The van der Waals surface area contributed by atoms with Crippen LogP contribution >= 0.6 is 0 Å². The van der Waals surface area contributed by atoms with Gasteiger partial charge < -0.3 is 4.90 Å². The van der Waals surface area contributed by atoms with Crippen LogP contribution in [0.15, 0.2) is 59.4 Å². The van der Waals surface area contributed by atoms with Crippen molar-refractivity contribution in [2.45, 2.75) is 51.0 Å². The minimum atomic E-state index is 0.847. The minimum absolute atomic E-state index is 0.847. The summed E-state index contributed by atoms with van der Waals surface area (Å²) in [5, 5.41) is 0. The summed E-state index contributed by atoms with van der Waals surface area (Å²) in [6, 6.07) is 14.1. The Balaban J connectivity index is 1.27. The minimum Gasteiger partial charge on any atom is -0.370 e. The Morgan fingerprint density at radius 3 is 2.55 bits per heavy atom. The first-order valence-electron chi connectivity index (χ1n) is 12.1. The molecule has 0 radical (unpaired) electrons. The van der Waals surface area contributed by atoms with Gasteiger partial charge in [0.1, 0.15) is 0 Å². The van der Waals surface area contributed by atoms with Crippen molar-refractivity contribution in [1.29, 1.82) is 0 Å². The fraction of sp³-hybridized carbons (Fsp3) is 0.481. The molecule has 1 saturated heterocycles. The highest BCUT2D eigenvalue weighted by Crippen LogP contribution is 2.26. The smallest absolute Gasteiger partial charge is 0.0694 e. The summed E-state index contributed by atoms with van der Waals surface area (Å²) in [5.41, 5.74) is 6.19. The maximum Gasteiger partial charge on any atom is 0.0694 e. The zero-order chi connectivity index (χ0) is 20.9. The van der Waals surface area contributed by atoms with Gasteiger partial charge in [0.15, 0.2) is 0 Å². The molecule has 0 amide bonds. The van der Waals surface area contributed by atoms with Gasteiger partial charge in [-0.3, -0.25) is 14.9 Å². The molecule has 2 aliphatic heterocycles. The van der Waals surface area contributed by atoms with E-state index in [1.165, 1.54) is 68.6 Å². The second-order valence-electron chi connectivity index (χ2n) is 9.15. The third-order valence-corrected chi connectivity index (χ3v) is 7.08. The third-order valence-electron chi connectivity index (χ3n) is 7.08. The number of nitrogens with zero attached hydrogens (tertiary/aromatic N) is 4. The molecule has 2 aromatic rings. The van der Waals surface area contributed by atoms with Gasteiger partial charge in [-0.05, 0) is 73.6 Å². The molecule has 1 aromatic heterocycles. The van der Waals surface area contributed by atoms with Crippen molar-refractivity contribution in [3.05, 3.63) is 65.5 Å². The van der Waals surface area contributed by atoms with Crippen molar-refractivity contribution >= 4 is 17.5 Å². The van der Waals surface area contributed by atoms with Crippen molar-refractivity contribution < 1.29 is 0 Å². The fourth-order valence-corrected chi connectivity index (χ4v) is 5.41. The fourth-order valence-electron chi connectivity index (χ4n) is 5.41. The summed E-state index contributed by atoms with van der Waals surface area (Å²) in [4.78, 5) is 14.4. The normalized spacial score (nSPS) is 22.5. The number of aromatic nitrogens is 1. The third kappa shape index (κ3) is 4.90. The van der Waals surface area contributed by atoms with E-state index in [0.717, 1.165) is 43.2 Å². The van der Waals surface area contributed by atoms with Crippen molar-refractivity contribution in [2.75, 3.05) is 37.6 Å². The average Bonchev–Trinajstić information content (AvgIpc) is 3.25. The highest BCUT2D eigenvalue weighted by atomic mass is 15.2. The van der Waals surface area contributed by atoms with Crippen LogP contribution in [0.25, 0.3) is 6.08 Å². The van der Waals surface area contributed by atoms with Gasteiger partial charge in [0.25, 0.3) is 0 Å². The molecule has 0 spiro atoms. The van der Waals surface area contributed by atoms with Gasteiger partial charge in [-0.15, -0.1) is 0 Å². The standard InChI is InChI=1S/C27H34N4/c1-2-9-25(8-1)30-16-5-17-31(19-18-30)26-12-10-22(11-13-26)20-23-6-4-15-29-27(23)24-7-3-14-28-21-24/h3,7,10-14,20-21,25H,1-2,4-6,8-9,15-19H2. The molecule has 0 unspecified atom stereocenters. The Hall–Kier alpha value is -2.46. The van der Waals surface area contributed by atoms with E-state index in [1.807, 2.05) is 18.5 Å². The summed E-state index contributed by atoms with van der Waals surface area (Å²) in [5.74, 6) is 0. The zero-order valence-corrected chi connectivity index (χ0v) is 18.5. The van der Waals surface area contributed by atoms with Gasteiger partial charge in [-0.1, -0.05) is 25.0 Å². The van der Waals surface area contributed by atoms with Gasteiger partial charge in [-0.2, -0.15) is 0 Å². The lowest BCUT2D eigenvalue weighted by Crippen LogP contribution is -2.36. The van der Waals surface area contributed by atoms with E-state index in [1.54, 1.807) is 0 Å². The average molecular weight is 415 g/mol. The largest absolute Gasteiger partial charge is 0.370 e. The van der Waals surface area contributed by atoms with E-state index in [-0.39, 0.29) is 0 Å². The summed E-state index contributed by atoms with van der Waals surface area (Å²) in [7, 11) is 0. The number of aliphatic imine (C=N–C) groups is 1. The molecule has 1 aromatic carbocycles. The molecule has 5 rings (SSSR count). The lowest BCUT2D eigenvalue weighted by Gasteiger charge is -2.27. The molecule has 3 aliphatic rings. The molecule has 4 heteroatoms. The first-order valence-corrected chi connectivity index (χ1v) is 12.1. The van der Waals surface area contributed by atoms with Crippen LogP contribution in [0.5, 0.6) is 0 Å². The number of allylic oxidation sites excluding steroid dienone is 1. The maximum absolute atomic E-state index is 4.81.